The Kier molecular flexibility index (Phi) is 3.13. The summed E-state index contributed by atoms with van der Waals surface area (Å²) in [6, 6.07) is 8.75. The van der Waals surface area contributed by atoms with Crippen LogP contribution in [0.4, 0.5) is 5.82 Å². The van der Waals surface area contributed by atoms with Gasteiger partial charge >= 0.3 is 0 Å². The fourth-order valence-corrected chi connectivity index (χ4v) is 3.80. The molecule has 1 unspecified atom stereocenters. The summed E-state index contributed by atoms with van der Waals surface area (Å²) in [7, 11) is 1.98. The Morgan fingerprint density at radius 2 is 1.90 bits per heavy atom. The third-order valence-electron chi connectivity index (χ3n) is 4.88. The van der Waals surface area contributed by atoms with Gasteiger partial charge in [0, 0.05) is 24.2 Å². The first-order chi connectivity index (χ1) is 10.4. The largest absolute Gasteiger partial charge is 0.373 e. The van der Waals surface area contributed by atoms with Gasteiger partial charge in [0.05, 0.1) is 0 Å². The highest BCUT2D eigenvalue weighted by atomic mass is 15.0. The zero-order chi connectivity index (χ0) is 14.2. The van der Waals surface area contributed by atoms with Crippen molar-refractivity contribution in [3.8, 4) is 0 Å². The molecule has 0 radical (unpaired) electrons. The van der Waals surface area contributed by atoms with E-state index in [-0.39, 0.29) is 0 Å². The lowest BCUT2D eigenvalue weighted by Gasteiger charge is -2.21. The van der Waals surface area contributed by atoms with Gasteiger partial charge in [0.15, 0.2) is 0 Å². The predicted octanol–water partition coefficient (Wildman–Crippen LogP) is 3.48. The molecule has 3 heteroatoms. The van der Waals surface area contributed by atoms with Gasteiger partial charge in [-0.2, -0.15) is 0 Å². The SMILES string of the molecule is CNc1nc(C2CCc3ccccc32)nc2c1CCCC2. The van der Waals surface area contributed by atoms with E-state index in [4.69, 9.17) is 9.97 Å². The molecular weight excluding hydrogens is 258 g/mol. The molecule has 2 aliphatic carbocycles. The van der Waals surface area contributed by atoms with E-state index in [1.54, 1.807) is 0 Å². The summed E-state index contributed by atoms with van der Waals surface area (Å²) in [4.78, 5) is 9.81. The quantitative estimate of drug-likeness (QED) is 0.914. The monoisotopic (exact) mass is 279 g/mol. The molecule has 1 aromatic heterocycles. The van der Waals surface area contributed by atoms with Crippen LogP contribution >= 0.6 is 0 Å². The van der Waals surface area contributed by atoms with E-state index < -0.39 is 0 Å². The fourth-order valence-electron chi connectivity index (χ4n) is 3.80. The second kappa shape index (κ2) is 5.14. The Hall–Kier alpha value is -1.90. The summed E-state index contributed by atoms with van der Waals surface area (Å²) in [6.07, 6.45) is 7.03. The number of hydrogen-bond acceptors (Lipinski definition) is 3. The molecule has 1 heterocycles. The third kappa shape index (κ3) is 2.11. The lowest BCUT2D eigenvalue weighted by molar-refractivity contribution is 0.641. The molecule has 4 rings (SSSR count). The van der Waals surface area contributed by atoms with Crippen molar-refractivity contribution < 1.29 is 0 Å². The summed E-state index contributed by atoms with van der Waals surface area (Å²) in [6.45, 7) is 0. The Morgan fingerprint density at radius 1 is 1.05 bits per heavy atom. The van der Waals surface area contributed by atoms with Crippen molar-refractivity contribution >= 4 is 5.82 Å². The van der Waals surface area contributed by atoms with E-state index in [1.807, 2.05) is 7.05 Å². The van der Waals surface area contributed by atoms with Gasteiger partial charge in [0.1, 0.15) is 11.6 Å². The van der Waals surface area contributed by atoms with Crippen LogP contribution in [-0.4, -0.2) is 17.0 Å². The van der Waals surface area contributed by atoms with Gasteiger partial charge in [-0.3, -0.25) is 0 Å². The Morgan fingerprint density at radius 3 is 2.81 bits per heavy atom. The molecule has 0 spiro atoms. The Labute approximate surface area is 125 Å². The first kappa shape index (κ1) is 12.8. The van der Waals surface area contributed by atoms with E-state index >= 15 is 0 Å². The van der Waals surface area contributed by atoms with Crippen LogP contribution in [-0.2, 0) is 19.3 Å². The number of anilines is 1. The van der Waals surface area contributed by atoms with E-state index in [9.17, 15) is 0 Å². The first-order valence-corrected chi connectivity index (χ1v) is 8.02. The number of aromatic nitrogens is 2. The van der Waals surface area contributed by atoms with Gasteiger partial charge in [-0.1, -0.05) is 24.3 Å². The summed E-state index contributed by atoms with van der Waals surface area (Å²) < 4.78 is 0. The summed E-state index contributed by atoms with van der Waals surface area (Å²) in [5.74, 6) is 2.45. The van der Waals surface area contributed by atoms with Crippen molar-refractivity contribution in [2.24, 2.45) is 0 Å². The lowest BCUT2D eigenvalue weighted by Crippen LogP contribution is -2.15. The molecule has 1 aromatic carbocycles. The zero-order valence-electron chi connectivity index (χ0n) is 12.5. The number of benzene rings is 1. The highest BCUT2D eigenvalue weighted by Crippen LogP contribution is 2.38. The standard InChI is InChI=1S/C18H21N3/c1-19-17-15-8-4-5-9-16(15)20-18(21-17)14-11-10-12-6-2-3-7-13(12)14/h2-3,6-7,14H,4-5,8-11H2,1H3,(H,19,20,21). The molecule has 1 atom stereocenters. The summed E-state index contributed by atoms with van der Waals surface area (Å²) in [5.41, 5.74) is 5.52. The molecule has 1 N–H and O–H groups in total. The van der Waals surface area contributed by atoms with Gasteiger partial charge in [0.2, 0.25) is 0 Å². The van der Waals surface area contributed by atoms with Crippen molar-refractivity contribution in [2.45, 2.75) is 44.4 Å². The second-order valence-corrected chi connectivity index (χ2v) is 6.10. The molecule has 0 bridgehead atoms. The van der Waals surface area contributed by atoms with E-state index in [1.165, 1.54) is 35.2 Å². The normalized spacial score (nSPS) is 20.0. The fraction of sp³-hybridized carbons (Fsp3) is 0.444. The molecule has 2 aromatic rings. The number of fused-ring (bicyclic) bond motifs is 2. The molecule has 0 amide bonds. The van der Waals surface area contributed by atoms with Gasteiger partial charge in [-0.25, -0.2) is 9.97 Å². The molecule has 108 valence electrons. The molecule has 21 heavy (non-hydrogen) atoms. The molecule has 2 aliphatic rings. The summed E-state index contributed by atoms with van der Waals surface area (Å²) in [5, 5.41) is 3.29. The van der Waals surface area contributed by atoms with Crippen LogP contribution in [0.15, 0.2) is 24.3 Å². The van der Waals surface area contributed by atoms with Crippen molar-refractivity contribution in [3.05, 3.63) is 52.5 Å². The van der Waals surface area contributed by atoms with Gasteiger partial charge in [-0.05, 0) is 49.7 Å². The molecule has 3 nitrogen and oxygen atoms in total. The van der Waals surface area contributed by atoms with Crippen LogP contribution in [0.3, 0.4) is 0 Å². The maximum atomic E-state index is 4.95. The van der Waals surface area contributed by atoms with Crippen LogP contribution in [0.25, 0.3) is 0 Å². The topological polar surface area (TPSA) is 37.8 Å². The van der Waals surface area contributed by atoms with Crippen molar-refractivity contribution in [3.63, 3.8) is 0 Å². The maximum absolute atomic E-state index is 4.95. The van der Waals surface area contributed by atoms with E-state index in [0.717, 1.165) is 37.3 Å². The van der Waals surface area contributed by atoms with Crippen molar-refractivity contribution in [1.29, 1.82) is 0 Å². The molecule has 0 aliphatic heterocycles. The number of hydrogen-bond donors (Lipinski definition) is 1. The minimum Gasteiger partial charge on any atom is -0.373 e. The molecular formula is C18H21N3. The van der Waals surface area contributed by atoms with E-state index in [2.05, 4.69) is 29.6 Å². The molecule has 0 saturated carbocycles. The minimum atomic E-state index is 0.375. The van der Waals surface area contributed by atoms with E-state index in [0.29, 0.717) is 5.92 Å². The lowest BCUT2D eigenvalue weighted by atomic mass is 9.95. The Bertz CT molecular complexity index is 661. The maximum Gasteiger partial charge on any atom is 0.138 e. The highest BCUT2D eigenvalue weighted by Gasteiger charge is 2.28. The second-order valence-electron chi connectivity index (χ2n) is 6.10. The smallest absolute Gasteiger partial charge is 0.138 e. The minimum absolute atomic E-state index is 0.375. The highest BCUT2D eigenvalue weighted by molar-refractivity contribution is 5.49. The van der Waals surface area contributed by atoms with Gasteiger partial charge < -0.3 is 5.32 Å². The average molecular weight is 279 g/mol. The van der Waals surface area contributed by atoms with Crippen LogP contribution in [0.5, 0.6) is 0 Å². The van der Waals surface area contributed by atoms with Crippen molar-refractivity contribution in [2.75, 3.05) is 12.4 Å². The number of rotatable bonds is 2. The molecule has 0 fully saturated rings. The summed E-state index contributed by atoms with van der Waals surface area (Å²) >= 11 is 0. The Balaban J connectivity index is 1.80. The predicted molar refractivity (Wildman–Crippen MR) is 84.8 cm³/mol. The number of nitrogens with zero attached hydrogens (tertiary/aromatic N) is 2. The van der Waals surface area contributed by atoms with Crippen LogP contribution in [0, 0.1) is 0 Å². The van der Waals surface area contributed by atoms with Crippen molar-refractivity contribution in [1.82, 2.24) is 9.97 Å². The van der Waals surface area contributed by atoms with Gasteiger partial charge in [-0.15, -0.1) is 0 Å². The van der Waals surface area contributed by atoms with Crippen LogP contribution in [0.2, 0.25) is 0 Å². The van der Waals surface area contributed by atoms with Crippen LogP contribution in [0.1, 0.15) is 53.4 Å². The number of aryl methyl sites for hydroxylation is 2. The zero-order valence-corrected chi connectivity index (χ0v) is 12.5. The number of nitrogens with one attached hydrogen (secondary N) is 1. The molecule has 0 saturated heterocycles. The average Bonchev–Trinajstić information content (AvgIpc) is 2.98. The first-order valence-electron chi connectivity index (χ1n) is 8.02. The van der Waals surface area contributed by atoms with Crippen LogP contribution < -0.4 is 5.32 Å². The third-order valence-corrected chi connectivity index (χ3v) is 4.88. The van der Waals surface area contributed by atoms with Gasteiger partial charge in [0.25, 0.3) is 0 Å².